The van der Waals surface area contributed by atoms with Crippen molar-refractivity contribution in [2.45, 2.75) is 94.9 Å². The summed E-state index contributed by atoms with van der Waals surface area (Å²) in [5.74, 6) is -2.16. The summed E-state index contributed by atoms with van der Waals surface area (Å²) in [7, 11) is -2.35. The quantitative estimate of drug-likeness (QED) is 0.279. The molecule has 3 aliphatic rings. The molecular weight excluding hydrogens is 654 g/mol. The van der Waals surface area contributed by atoms with Gasteiger partial charge >= 0.3 is 6.09 Å². The minimum atomic E-state index is -3.89. The number of nitrogens with zero attached hydrogens (tertiary/aromatic N) is 2. The van der Waals surface area contributed by atoms with Gasteiger partial charge in [-0.05, 0) is 52.0 Å². The predicted molar refractivity (Wildman–Crippen MR) is 180 cm³/mol. The fourth-order valence-electron chi connectivity index (χ4n) is 6.08. The molecule has 0 bridgehead atoms. The number of hydrogen-bond donors (Lipinski definition) is 3. The molecule has 2 aliphatic carbocycles. The standard InChI is InChI=1S/C34H45N5O9S/c1-8-20-16-34(20,31(42)38-49(44,45)22-13-14-22)37-28(40)25-15-21(47-29-24-12-10-9-11-23(24)26(46-7)17-35-29)18-39(25)30(41)27(19(2)3)36-32(43)48-33(4,5)6/h8-12,17,19-22,25,27H,1,13-16,18H2,2-7H3,(H,36,43)(H,37,40)(H,38,42)/t20-,21-,25?,27?,34-/m1/s1. The lowest BCUT2D eigenvalue weighted by Gasteiger charge is -2.31. The second-order valence-electron chi connectivity index (χ2n) is 14.2. The van der Waals surface area contributed by atoms with Gasteiger partial charge in [0.2, 0.25) is 27.7 Å². The number of pyridine rings is 1. The van der Waals surface area contributed by atoms with Crippen molar-refractivity contribution < 1.29 is 41.8 Å². The van der Waals surface area contributed by atoms with Crippen LogP contribution in [0.2, 0.25) is 0 Å². The maximum Gasteiger partial charge on any atom is 0.408 e. The van der Waals surface area contributed by atoms with Crippen LogP contribution in [-0.4, -0.2) is 90.3 Å². The van der Waals surface area contributed by atoms with Crippen molar-refractivity contribution in [2.75, 3.05) is 13.7 Å². The summed E-state index contributed by atoms with van der Waals surface area (Å²) in [5.41, 5.74) is -2.36. The van der Waals surface area contributed by atoms with E-state index in [0.717, 1.165) is 5.39 Å². The third kappa shape index (κ3) is 7.76. The van der Waals surface area contributed by atoms with Gasteiger partial charge in [0.15, 0.2) is 0 Å². The van der Waals surface area contributed by atoms with Crippen LogP contribution in [0.5, 0.6) is 11.6 Å². The van der Waals surface area contributed by atoms with E-state index in [-0.39, 0.29) is 25.3 Å². The second kappa shape index (κ2) is 13.5. The highest BCUT2D eigenvalue weighted by Crippen LogP contribution is 2.45. The minimum Gasteiger partial charge on any atom is -0.494 e. The van der Waals surface area contributed by atoms with Gasteiger partial charge in [-0.3, -0.25) is 19.1 Å². The highest BCUT2D eigenvalue weighted by molar-refractivity contribution is 7.91. The van der Waals surface area contributed by atoms with Crippen molar-refractivity contribution in [1.82, 2.24) is 25.2 Å². The Kier molecular flexibility index (Phi) is 9.88. The van der Waals surface area contributed by atoms with Crippen LogP contribution in [0.15, 0.2) is 43.1 Å². The Morgan fingerprint density at radius 3 is 2.37 bits per heavy atom. The topological polar surface area (TPSA) is 182 Å². The van der Waals surface area contributed by atoms with E-state index in [1.54, 1.807) is 34.6 Å². The van der Waals surface area contributed by atoms with Gasteiger partial charge in [-0.2, -0.15) is 0 Å². The number of rotatable bonds is 12. The number of carbonyl (C=O) groups is 4. The summed E-state index contributed by atoms with van der Waals surface area (Å²) in [6.07, 6.45) is 2.60. The van der Waals surface area contributed by atoms with Crippen molar-refractivity contribution >= 4 is 44.6 Å². The number of amides is 4. The van der Waals surface area contributed by atoms with E-state index in [2.05, 4.69) is 26.9 Å². The molecule has 49 heavy (non-hydrogen) atoms. The van der Waals surface area contributed by atoms with Crippen LogP contribution in [-0.2, 0) is 29.1 Å². The molecule has 266 valence electrons. The largest absolute Gasteiger partial charge is 0.494 e. The summed E-state index contributed by atoms with van der Waals surface area (Å²) in [6, 6.07) is 5.16. The number of ether oxygens (including phenoxy) is 3. The molecule has 2 heterocycles. The first kappa shape index (κ1) is 35.9. The molecule has 0 spiro atoms. The molecular formula is C34H45N5O9S. The lowest BCUT2D eigenvalue weighted by atomic mass is 10.0. The van der Waals surface area contributed by atoms with Crippen molar-refractivity contribution in [2.24, 2.45) is 11.8 Å². The molecule has 1 aliphatic heterocycles. The van der Waals surface area contributed by atoms with Crippen molar-refractivity contribution in [3.8, 4) is 11.6 Å². The molecule has 1 aromatic carbocycles. The van der Waals surface area contributed by atoms with Crippen LogP contribution in [0.25, 0.3) is 10.8 Å². The van der Waals surface area contributed by atoms with Gasteiger partial charge in [-0.1, -0.05) is 38.1 Å². The molecule has 5 atom stereocenters. The maximum atomic E-state index is 14.2. The molecule has 1 saturated heterocycles. The Balaban J connectivity index is 1.43. The van der Waals surface area contributed by atoms with Gasteiger partial charge in [-0.15, -0.1) is 6.58 Å². The van der Waals surface area contributed by atoms with Gasteiger partial charge in [0.05, 0.1) is 25.1 Å². The first-order valence-electron chi connectivity index (χ1n) is 16.4. The molecule has 2 unspecified atom stereocenters. The van der Waals surface area contributed by atoms with Crippen LogP contribution >= 0.6 is 0 Å². The summed E-state index contributed by atoms with van der Waals surface area (Å²) < 4.78 is 44.6. The van der Waals surface area contributed by atoms with Crippen LogP contribution in [0.4, 0.5) is 4.79 Å². The number of alkyl carbamates (subject to hydrolysis) is 1. The molecule has 4 amide bonds. The van der Waals surface area contributed by atoms with Crippen molar-refractivity contribution in [1.29, 1.82) is 0 Å². The average molecular weight is 700 g/mol. The number of fused-ring (bicyclic) bond motifs is 1. The zero-order valence-electron chi connectivity index (χ0n) is 28.6. The van der Waals surface area contributed by atoms with Crippen LogP contribution in [0.3, 0.4) is 0 Å². The molecule has 3 fully saturated rings. The number of carbonyl (C=O) groups excluding carboxylic acids is 4. The number of hydrogen-bond acceptors (Lipinski definition) is 10. The van der Waals surface area contributed by atoms with E-state index < -0.39 is 80.3 Å². The molecule has 15 heteroatoms. The Labute approximate surface area is 286 Å². The number of methoxy groups -OCH3 is 1. The SMILES string of the molecule is C=C[C@@H]1C[C@]1(NC(=O)C1C[C@@H](Oc2ncc(OC)c3ccccc23)CN1C(=O)C(NC(=O)OC(C)(C)C)C(C)C)C(=O)NS(=O)(=O)C1CC1. The lowest BCUT2D eigenvalue weighted by Crippen LogP contribution is -2.59. The Bertz CT molecular complexity index is 1750. The summed E-state index contributed by atoms with van der Waals surface area (Å²) in [5, 5.41) is 6.20. The van der Waals surface area contributed by atoms with Crippen molar-refractivity contribution in [3.05, 3.63) is 43.1 Å². The highest BCUT2D eigenvalue weighted by Gasteiger charge is 2.62. The van der Waals surface area contributed by atoms with Crippen LogP contribution in [0.1, 0.15) is 60.3 Å². The maximum absolute atomic E-state index is 14.2. The number of nitrogens with one attached hydrogen (secondary N) is 3. The van der Waals surface area contributed by atoms with Gasteiger partial charge in [-0.25, -0.2) is 18.2 Å². The molecule has 3 N–H and O–H groups in total. The Morgan fingerprint density at radius 1 is 1.12 bits per heavy atom. The number of benzene rings is 1. The average Bonchev–Trinajstić information content (AvgIpc) is 3.95. The van der Waals surface area contributed by atoms with Gasteiger partial charge < -0.3 is 29.7 Å². The Hall–Kier alpha value is -4.40. The Morgan fingerprint density at radius 2 is 1.80 bits per heavy atom. The van der Waals surface area contributed by atoms with Gasteiger partial charge in [0.1, 0.15) is 35.1 Å². The molecule has 2 aromatic rings. The fourth-order valence-corrected chi connectivity index (χ4v) is 7.44. The highest BCUT2D eigenvalue weighted by atomic mass is 32.2. The number of sulfonamides is 1. The first-order valence-corrected chi connectivity index (χ1v) is 17.9. The smallest absolute Gasteiger partial charge is 0.408 e. The van der Waals surface area contributed by atoms with E-state index in [1.807, 2.05) is 24.3 Å². The number of aromatic nitrogens is 1. The van der Waals surface area contributed by atoms with E-state index >= 15 is 0 Å². The molecule has 0 radical (unpaired) electrons. The normalized spacial score (nSPS) is 24.1. The van der Waals surface area contributed by atoms with E-state index in [4.69, 9.17) is 14.2 Å². The third-order valence-corrected chi connectivity index (χ3v) is 10.7. The lowest BCUT2D eigenvalue weighted by molar-refractivity contribution is -0.141. The third-order valence-electron chi connectivity index (χ3n) is 8.92. The fraction of sp³-hybridized carbons (Fsp3) is 0.559. The molecule has 2 saturated carbocycles. The predicted octanol–water partition coefficient (Wildman–Crippen LogP) is 2.81. The van der Waals surface area contributed by atoms with E-state index in [0.29, 0.717) is 24.0 Å². The van der Waals surface area contributed by atoms with Gasteiger partial charge in [0, 0.05) is 23.1 Å². The summed E-state index contributed by atoms with van der Waals surface area (Å²) >= 11 is 0. The second-order valence-corrected chi connectivity index (χ2v) is 16.2. The van der Waals surface area contributed by atoms with Crippen LogP contribution < -0.4 is 24.8 Å². The van der Waals surface area contributed by atoms with Crippen molar-refractivity contribution in [3.63, 3.8) is 0 Å². The molecule has 1 aromatic heterocycles. The zero-order chi connectivity index (χ0) is 35.9. The summed E-state index contributed by atoms with van der Waals surface area (Å²) in [4.78, 5) is 60.3. The summed E-state index contributed by atoms with van der Waals surface area (Å²) in [6.45, 7) is 12.3. The molecule has 14 nitrogen and oxygen atoms in total. The van der Waals surface area contributed by atoms with Crippen LogP contribution in [0, 0.1) is 11.8 Å². The van der Waals surface area contributed by atoms with Gasteiger partial charge in [0.25, 0.3) is 5.91 Å². The monoisotopic (exact) mass is 699 g/mol. The first-order chi connectivity index (χ1) is 23.0. The van der Waals surface area contributed by atoms with E-state index in [9.17, 15) is 27.6 Å². The minimum absolute atomic E-state index is 0.0215. The number of likely N-dealkylation sites (tertiary alicyclic amines) is 1. The molecule has 5 rings (SSSR count). The van der Waals surface area contributed by atoms with E-state index in [1.165, 1.54) is 24.3 Å². The zero-order valence-corrected chi connectivity index (χ0v) is 29.5.